The van der Waals surface area contributed by atoms with E-state index in [1.54, 1.807) is 4.90 Å². The van der Waals surface area contributed by atoms with Crippen LogP contribution in [0.4, 0.5) is 4.79 Å². The molecule has 0 radical (unpaired) electrons. The number of piperidine rings is 1. The summed E-state index contributed by atoms with van der Waals surface area (Å²) in [6, 6.07) is -0.276. The molecule has 2 fully saturated rings. The highest BCUT2D eigenvalue weighted by Gasteiger charge is 2.36. The number of hydrogen-bond acceptors (Lipinski definition) is 2. The van der Waals surface area contributed by atoms with Crippen LogP contribution in [0.3, 0.4) is 0 Å². The van der Waals surface area contributed by atoms with E-state index in [1.165, 1.54) is 0 Å². The van der Waals surface area contributed by atoms with Gasteiger partial charge in [-0.1, -0.05) is 6.42 Å². The van der Waals surface area contributed by atoms with Crippen molar-refractivity contribution in [1.82, 2.24) is 4.90 Å². The van der Waals surface area contributed by atoms with Gasteiger partial charge in [-0.25, -0.2) is 4.79 Å². The summed E-state index contributed by atoms with van der Waals surface area (Å²) in [5.41, 5.74) is 5.39. The maximum atomic E-state index is 11.9. The highest BCUT2D eigenvalue weighted by atomic mass is 16.2. The van der Waals surface area contributed by atoms with Gasteiger partial charge in [-0.3, -0.25) is 4.79 Å². The second-order valence-corrected chi connectivity index (χ2v) is 4.91. The molecule has 2 N–H and O–H groups in total. The lowest BCUT2D eigenvalue weighted by Crippen LogP contribution is -2.52. The van der Waals surface area contributed by atoms with Crippen molar-refractivity contribution in [2.75, 3.05) is 6.54 Å². The van der Waals surface area contributed by atoms with Crippen LogP contribution >= 0.6 is 0 Å². The Morgan fingerprint density at radius 3 is 2.62 bits per heavy atom. The maximum absolute atomic E-state index is 11.9. The van der Waals surface area contributed by atoms with Gasteiger partial charge in [0.2, 0.25) is 0 Å². The molecule has 90 valence electrons. The third-order valence-electron chi connectivity index (χ3n) is 3.90. The van der Waals surface area contributed by atoms with E-state index in [-0.39, 0.29) is 18.0 Å². The molecule has 4 heteroatoms. The fraction of sp³-hybridized carbons (Fsp3) is 0.833. The standard InChI is InChI=1S/C12H20N2O2/c13-12(16)14-8-4-3-6-10(14)9-5-1-2-7-11(9)15/h9-10H,1-8H2,(H2,13,16). The first-order valence-corrected chi connectivity index (χ1v) is 6.29. The van der Waals surface area contributed by atoms with Crippen molar-refractivity contribution in [3.63, 3.8) is 0 Å². The van der Waals surface area contributed by atoms with Crippen molar-refractivity contribution in [2.24, 2.45) is 11.7 Å². The quantitative estimate of drug-likeness (QED) is 0.736. The Kier molecular flexibility index (Phi) is 3.46. The number of ketones is 1. The number of rotatable bonds is 1. The topological polar surface area (TPSA) is 63.4 Å². The lowest BCUT2D eigenvalue weighted by atomic mass is 9.79. The summed E-state index contributed by atoms with van der Waals surface area (Å²) < 4.78 is 0. The first-order chi connectivity index (χ1) is 7.70. The van der Waals surface area contributed by atoms with E-state index in [0.29, 0.717) is 12.2 Å². The fourth-order valence-electron chi connectivity index (χ4n) is 3.07. The zero-order chi connectivity index (χ0) is 11.5. The Hall–Kier alpha value is -1.06. The molecule has 0 aromatic carbocycles. The van der Waals surface area contributed by atoms with Crippen LogP contribution in [0.2, 0.25) is 0 Å². The van der Waals surface area contributed by atoms with Crippen LogP contribution in [0.5, 0.6) is 0 Å². The van der Waals surface area contributed by atoms with Gasteiger partial charge < -0.3 is 10.6 Å². The summed E-state index contributed by atoms with van der Waals surface area (Å²) in [5, 5.41) is 0. The van der Waals surface area contributed by atoms with Crippen LogP contribution in [0.1, 0.15) is 44.9 Å². The van der Waals surface area contributed by atoms with Crippen molar-refractivity contribution < 1.29 is 9.59 Å². The van der Waals surface area contributed by atoms with E-state index in [9.17, 15) is 9.59 Å². The van der Waals surface area contributed by atoms with E-state index < -0.39 is 0 Å². The maximum Gasteiger partial charge on any atom is 0.315 e. The molecule has 1 saturated heterocycles. The summed E-state index contributed by atoms with van der Waals surface area (Å²) >= 11 is 0. The summed E-state index contributed by atoms with van der Waals surface area (Å²) in [5.74, 6) is 0.394. The molecule has 2 atom stereocenters. The number of Topliss-reactive ketones (excluding diaryl/α,β-unsaturated/α-hetero) is 1. The van der Waals surface area contributed by atoms with Crippen molar-refractivity contribution >= 4 is 11.8 Å². The lowest BCUT2D eigenvalue weighted by Gasteiger charge is -2.40. The lowest BCUT2D eigenvalue weighted by molar-refractivity contribution is -0.127. The highest BCUT2D eigenvalue weighted by molar-refractivity contribution is 5.83. The number of carbonyl (C=O) groups is 2. The van der Waals surface area contributed by atoms with Gasteiger partial charge in [0.05, 0.1) is 0 Å². The van der Waals surface area contributed by atoms with Crippen molar-refractivity contribution in [3.05, 3.63) is 0 Å². The SMILES string of the molecule is NC(=O)N1CCCCC1C1CCCCC1=O. The molecule has 2 unspecified atom stereocenters. The predicted molar refractivity (Wildman–Crippen MR) is 60.9 cm³/mol. The molecule has 1 heterocycles. The molecule has 2 amide bonds. The zero-order valence-corrected chi connectivity index (χ0v) is 9.65. The van der Waals surface area contributed by atoms with Gasteiger partial charge in [0, 0.05) is 24.9 Å². The number of nitrogens with zero attached hydrogens (tertiary/aromatic N) is 1. The number of urea groups is 1. The van der Waals surface area contributed by atoms with E-state index in [1.807, 2.05) is 0 Å². The average Bonchev–Trinajstić information content (AvgIpc) is 2.29. The number of primary amides is 1. The largest absolute Gasteiger partial charge is 0.351 e. The number of likely N-dealkylation sites (tertiary alicyclic amines) is 1. The van der Waals surface area contributed by atoms with Crippen LogP contribution in [-0.2, 0) is 4.79 Å². The molecule has 1 aliphatic heterocycles. The molecule has 4 nitrogen and oxygen atoms in total. The first-order valence-electron chi connectivity index (χ1n) is 6.29. The summed E-state index contributed by atoms with van der Waals surface area (Å²) in [4.78, 5) is 25.0. The molecule has 1 aliphatic carbocycles. The van der Waals surface area contributed by atoms with Gasteiger partial charge in [-0.15, -0.1) is 0 Å². The average molecular weight is 224 g/mol. The number of hydrogen-bond donors (Lipinski definition) is 1. The second-order valence-electron chi connectivity index (χ2n) is 4.91. The van der Waals surface area contributed by atoms with Crippen molar-refractivity contribution in [3.8, 4) is 0 Å². The summed E-state index contributed by atoms with van der Waals surface area (Å²) in [7, 11) is 0. The molecule has 16 heavy (non-hydrogen) atoms. The third-order valence-corrected chi connectivity index (χ3v) is 3.90. The molecular weight excluding hydrogens is 204 g/mol. The summed E-state index contributed by atoms with van der Waals surface area (Å²) in [6.45, 7) is 0.726. The molecule has 0 spiro atoms. The van der Waals surface area contributed by atoms with Gasteiger partial charge in [0.25, 0.3) is 0 Å². The van der Waals surface area contributed by atoms with E-state index in [4.69, 9.17) is 5.73 Å². The number of nitrogens with two attached hydrogens (primary N) is 1. The molecule has 2 rings (SSSR count). The molecule has 0 aromatic heterocycles. The first kappa shape index (κ1) is 11.4. The number of amides is 2. The molecule has 0 bridgehead atoms. The zero-order valence-electron chi connectivity index (χ0n) is 9.65. The minimum atomic E-state index is -0.358. The van der Waals surface area contributed by atoms with E-state index >= 15 is 0 Å². The van der Waals surface area contributed by atoms with Crippen LogP contribution in [0.15, 0.2) is 0 Å². The Labute approximate surface area is 96.2 Å². The Bertz CT molecular complexity index is 291. The van der Waals surface area contributed by atoms with Gasteiger partial charge in [0.15, 0.2) is 0 Å². The molecule has 2 aliphatic rings. The Morgan fingerprint density at radius 1 is 1.19 bits per heavy atom. The van der Waals surface area contributed by atoms with Crippen molar-refractivity contribution in [2.45, 2.75) is 51.0 Å². The fourth-order valence-corrected chi connectivity index (χ4v) is 3.07. The van der Waals surface area contributed by atoms with Gasteiger partial charge in [-0.2, -0.15) is 0 Å². The van der Waals surface area contributed by atoms with Gasteiger partial charge in [-0.05, 0) is 32.1 Å². The normalized spacial score (nSPS) is 31.5. The highest BCUT2D eigenvalue weighted by Crippen LogP contribution is 2.31. The predicted octanol–water partition coefficient (Wildman–Crippen LogP) is 1.68. The number of carbonyl (C=O) groups excluding carboxylic acids is 2. The van der Waals surface area contributed by atoms with E-state index in [2.05, 4.69) is 0 Å². The third kappa shape index (κ3) is 2.20. The summed E-state index contributed by atoms with van der Waals surface area (Å²) in [6.07, 6.45) is 6.82. The van der Waals surface area contributed by atoms with Crippen LogP contribution in [0.25, 0.3) is 0 Å². The van der Waals surface area contributed by atoms with Gasteiger partial charge >= 0.3 is 6.03 Å². The van der Waals surface area contributed by atoms with E-state index in [0.717, 1.165) is 45.1 Å². The van der Waals surface area contributed by atoms with Crippen LogP contribution in [0, 0.1) is 5.92 Å². The molecule has 0 aromatic rings. The minimum absolute atomic E-state index is 0.0570. The molecule has 1 saturated carbocycles. The Morgan fingerprint density at radius 2 is 1.94 bits per heavy atom. The minimum Gasteiger partial charge on any atom is -0.351 e. The van der Waals surface area contributed by atoms with Crippen LogP contribution in [-0.4, -0.2) is 29.3 Å². The van der Waals surface area contributed by atoms with Gasteiger partial charge in [0.1, 0.15) is 5.78 Å². The molecular formula is C12H20N2O2. The van der Waals surface area contributed by atoms with Crippen molar-refractivity contribution in [1.29, 1.82) is 0 Å². The van der Waals surface area contributed by atoms with Crippen LogP contribution < -0.4 is 5.73 Å². The smallest absolute Gasteiger partial charge is 0.315 e. The second kappa shape index (κ2) is 4.85. The monoisotopic (exact) mass is 224 g/mol. The Balaban J connectivity index is 2.09.